The first-order chi connectivity index (χ1) is 11.9. The molecule has 0 spiro atoms. The van der Waals surface area contributed by atoms with Gasteiger partial charge in [0, 0.05) is 10.9 Å². The van der Waals surface area contributed by atoms with E-state index < -0.39 is 5.97 Å². The summed E-state index contributed by atoms with van der Waals surface area (Å²) in [6, 6.07) is 10.00. The monoisotopic (exact) mass is 423 g/mol. The highest BCUT2D eigenvalue weighted by Gasteiger charge is 2.30. The lowest BCUT2D eigenvalue weighted by atomic mass is 10.1. The molecule has 0 unspecified atom stereocenters. The van der Waals surface area contributed by atoms with Gasteiger partial charge in [0.25, 0.3) is 0 Å². The number of hydrogen-bond acceptors (Lipinski definition) is 3. The molecule has 1 fully saturated rings. The molecule has 0 radical (unpaired) electrons. The lowest BCUT2D eigenvalue weighted by Gasteiger charge is -2.12. The summed E-state index contributed by atoms with van der Waals surface area (Å²) in [7, 11) is 0. The third-order valence-electron chi connectivity index (χ3n) is 3.81. The minimum absolute atomic E-state index is 0.00640. The third kappa shape index (κ3) is 4.52. The second kappa shape index (κ2) is 7.45. The Morgan fingerprint density at radius 1 is 1.24 bits per heavy atom. The van der Waals surface area contributed by atoms with Gasteiger partial charge in [-0.3, -0.25) is 4.79 Å². The van der Waals surface area contributed by atoms with Crippen molar-refractivity contribution in [2.24, 2.45) is 5.92 Å². The maximum absolute atomic E-state index is 11.9. The maximum atomic E-state index is 11.9. The van der Waals surface area contributed by atoms with Crippen molar-refractivity contribution in [3.05, 3.63) is 57.0 Å². The standard InChI is InChI=1S/C18H15BrClNO4/c19-14-8-12(20)4-6-16(14)25-9-10-1-5-15(13(7-10)18(23)24)21-17(22)11-2-3-11/h1,4-8,11H,2-3,9H2,(H,21,22)(H,23,24). The van der Waals surface area contributed by atoms with Crippen molar-refractivity contribution < 1.29 is 19.4 Å². The van der Waals surface area contributed by atoms with Crippen LogP contribution in [0.15, 0.2) is 40.9 Å². The largest absolute Gasteiger partial charge is 0.488 e. The third-order valence-corrected chi connectivity index (χ3v) is 4.66. The van der Waals surface area contributed by atoms with E-state index in [9.17, 15) is 14.7 Å². The first-order valence-electron chi connectivity index (χ1n) is 7.69. The van der Waals surface area contributed by atoms with Gasteiger partial charge in [-0.1, -0.05) is 17.7 Å². The molecule has 130 valence electrons. The Hall–Kier alpha value is -2.05. The van der Waals surface area contributed by atoms with Crippen LogP contribution in [0, 0.1) is 5.92 Å². The SMILES string of the molecule is O=C(O)c1cc(COc2ccc(Cl)cc2Br)ccc1NC(=O)C1CC1. The first kappa shape index (κ1) is 17.8. The van der Waals surface area contributed by atoms with Crippen LogP contribution in [0.1, 0.15) is 28.8 Å². The summed E-state index contributed by atoms with van der Waals surface area (Å²) >= 11 is 9.26. The van der Waals surface area contributed by atoms with Crippen LogP contribution in [0.25, 0.3) is 0 Å². The van der Waals surface area contributed by atoms with E-state index in [1.807, 2.05) is 0 Å². The number of aromatic carboxylic acids is 1. The second-order valence-electron chi connectivity index (χ2n) is 5.81. The molecular weight excluding hydrogens is 410 g/mol. The normalized spacial score (nSPS) is 13.4. The van der Waals surface area contributed by atoms with Crippen LogP contribution < -0.4 is 10.1 Å². The molecule has 0 aromatic heterocycles. The fraction of sp³-hybridized carbons (Fsp3) is 0.222. The Kier molecular flexibility index (Phi) is 5.30. The molecule has 0 atom stereocenters. The van der Waals surface area contributed by atoms with E-state index >= 15 is 0 Å². The van der Waals surface area contributed by atoms with Crippen LogP contribution in [0.4, 0.5) is 5.69 Å². The molecule has 0 bridgehead atoms. The zero-order chi connectivity index (χ0) is 18.0. The van der Waals surface area contributed by atoms with Gasteiger partial charge >= 0.3 is 5.97 Å². The van der Waals surface area contributed by atoms with Crippen LogP contribution in [-0.4, -0.2) is 17.0 Å². The number of ether oxygens (including phenoxy) is 1. The number of carbonyl (C=O) groups excluding carboxylic acids is 1. The van der Waals surface area contributed by atoms with Crippen LogP contribution >= 0.6 is 27.5 Å². The van der Waals surface area contributed by atoms with Crippen LogP contribution in [0.5, 0.6) is 5.75 Å². The topological polar surface area (TPSA) is 75.6 Å². The predicted octanol–water partition coefficient (Wildman–Crippen LogP) is 4.73. The van der Waals surface area contributed by atoms with Crippen molar-refractivity contribution in [1.82, 2.24) is 0 Å². The van der Waals surface area contributed by atoms with Gasteiger partial charge in [0.15, 0.2) is 0 Å². The number of carbonyl (C=O) groups is 2. The molecule has 1 amide bonds. The van der Waals surface area contributed by atoms with E-state index in [0.29, 0.717) is 26.5 Å². The molecule has 2 aromatic rings. The zero-order valence-corrected chi connectivity index (χ0v) is 15.4. The molecule has 0 saturated heterocycles. The summed E-state index contributed by atoms with van der Waals surface area (Å²) in [5.74, 6) is -0.614. The number of rotatable bonds is 6. The van der Waals surface area contributed by atoms with Crippen LogP contribution in [-0.2, 0) is 11.4 Å². The number of nitrogens with one attached hydrogen (secondary N) is 1. The molecule has 0 heterocycles. The van der Waals surface area contributed by atoms with Gasteiger partial charge in [-0.2, -0.15) is 0 Å². The highest BCUT2D eigenvalue weighted by molar-refractivity contribution is 9.10. The Labute approximate surface area is 158 Å². The van der Waals surface area contributed by atoms with Crippen molar-refractivity contribution in [2.45, 2.75) is 19.4 Å². The van der Waals surface area contributed by atoms with Crippen molar-refractivity contribution >= 4 is 45.1 Å². The molecule has 2 N–H and O–H groups in total. The van der Waals surface area contributed by atoms with E-state index in [4.69, 9.17) is 16.3 Å². The van der Waals surface area contributed by atoms with Crippen molar-refractivity contribution in [2.75, 3.05) is 5.32 Å². The van der Waals surface area contributed by atoms with E-state index in [2.05, 4.69) is 21.2 Å². The van der Waals surface area contributed by atoms with Crippen molar-refractivity contribution in [1.29, 1.82) is 0 Å². The zero-order valence-electron chi connectivity index (χ0n) is 13.1. The Bertz CT molecular complexity index is 836. The number of halogens is 2. The van der Waals surface area contributed by atoms with Gasteiger partial charge in [-0.05, 0) is 64.7 Å². The van der Waals surface area contributed by atoms with Gasteiger partial charge in [0.1, 0.15) is 12.4 Å². The molecular formula is C18H15BrClNO4. The van der Waals surface area contributed by atoms with Gasteiger partial charge in [0.2, 0.25) is 5.91 Å². The second-order valence-corrected chi connectivity index (χ2v) is 7.10. The molecule has 1 saturated carbocycles. The molecule has 5 nitrogen and oxygen atoms in total. The Morgan fingerprint density at radius 2 is 2.00 bits per heavy atom. The van der Waals surface area contributed by atoms with E-state index in [-0.39, 0.29) is 24.0 Å². The maximum Gasteiger partial charge on any atom is 0.337 e. The number of anilines is 1. The average Bonchev–Trinajstić information content (AvgIpc) is 3.40. The number of carboxylic acid groups (broad SMARTS) is 1. The molecule has 1 aliphatic rings. The smallest absolute Gasteiger partial charge is 0.337 e. The quantitative estimate of drug-likeness (QED) is 0.703. The molecule has 3 rings (SSSR count). The average molecular weight is 425 g/mol. The minimum atomic E-state index is -1.10. The lowest BCUT2D eigenvalue weighted by Crippen LogP contribution is -2.16. The van der Waals surface area contributed by atoms with Gasteiger partial charge in [-0.25, -0.2) is 4.79 Å². The van der Waals surface area contributed by atoms with Crippen LogP contribution in [0.3, 0.4) is 0 Å². The number of carboxylic acids is 1. The lowest BCUT2D eigenvalue weighted by molar-refractivity contribution is -0.117. The molecule has 2 aromatic carbocycles. The van der Waals surface area contributed by atoms with Gasteiger partial charge in [-0.15, -0.1) is 0 Å². The first-order valence-corrected chi connectivity index (χ1v) is 8.86. The molecule has 25 heavy (non-hydrogen) atoms. The summed E-state index contributed by atoms with van der Waals surface area (Å²) in [5.41, 5.74) is 1.04. The molecule has 1 aliphatic carbocycles. The van der Waals surface area contributed by atoms with Gasteiger partial charge < -0.3 is 15.2 Å². The van der Waals surface area contributed by atoms with E-state index in [1.165, 1.54) is 6.07 Å². The fourth-order valence-corrected chi connectivity index (χ4v) is 3.10. The van der Waals surface area contributed by atoms with E-state index in [0.717, 1.165) is 12.8 Å². The van der Waals surface area contributed by atoms with Crippen molar-refractivity contribution in [3.63, 3.8) is 0 Å². The Morgan fingerprint density at radius 3 is 2.64 bits per heavy atom. The van der Waals surface area contributed by atoms with Gasteiger partial charge in [0.05, 0.1) is 15.7 Å². The number of benzene rings is 2. The molecule has 0 aliphatic heterocycles. The highest BCUT2D eigenvalue weighted by atomic mass is 79.9. The Balaban J connectivity index is 1.74. The van der Waals surface area contributed by atoms with E-state index in [1.54, 1.807) is 30.3 Å². The minimum Gasteiger partial charge on any atom is -0.488 e. The highest BCUT2D eigenvalue weighted by Crippen LogP contribution is 2.31. The summed E-state index contributed by atoms with van der Waals surface area (Å²) in [4.78, 5) is 23.4. The number of hydrogen-bond donors (Lipinski definition) is 2. The predicted molar refractivity (Wildman–Crippen MR) is 98.2 cm³/mol. The molecule has 7 heteroatoms. The summed E-state index contributed by atoms with van der Waals surface area (Å²) < 4.78 is 6.41. The number of amides is 1. The van der Waals surface area contributed by atoms with Crippen LogP contribution in [0.2, 0.25) is 5.02 Å². The summed E-state index contributed by atoms with van der Waals surface area (Å²) in [5, 5.41) is 12.7. The van der Waals surface area contributed by atoms with Crippen molar-refractivity contribution in [3.8, 4) is 5.75 Å². The summed E-state index contributed by atoms with van der Waals surface area (Å²) in [6.45, 7) is 0.192. The fourth-order valence-electron chi connectivity index (χ4n) is 2.30. The summed E-state index contributed by atoms with van der Waals surface area (Å²) in [6.07, 6.45) is 1.71.